The van der Waals surface area contributed by atoms with Gasteiger partial charge in [-0.15, -0.1) is 0 Å². The van der Waals surface area contributed by atoms with Crippen LogP contribution in [0.1, 0.15) is 34.8 Å². The maximum absolute atomic E-state index is 13.9. The molecular formula is C26H21FN2O. The second-order valence-electron chi connectivity index (χ2n) is 7.86. The largest absolute Gasteiger partial charge is 0.454 e. The van der Waals surface area contributed by atoms with Crippen molar-refractivity contribution in [2.24, 2.45) is 0 Å². The number of rotatable bonds is 3. The molecule has 3 aromatic heterocycles. The summed E-state index contributed by atoms with van der Waals surface area (Å²) in [6.07, 6.45) is 1.37. The van der Waals surface area contributed by atoms with Crippen molar-refractivity contribution in [1.82, 2.24) is 9.97 Å². The predicted octanol–water partition coefficient (Wildman–Crippen LogP) is 6.82. The molecule has 0 radical (unpaired) electrons. The van der Waals surface area contributed by atoms with Crippen LogP contribution in [0, 0.1) is 12.7 Å². The molecule has 0 N–H and O–H groups in total. The third-order valence-electron chi connectivity index (χ3n) is 5.60. The number of furan rings is 1. The van der Waals surface area contributed by atoms with Crippen molar-refractivity contribution in [2.75, 3.05) is 0 Å². The van der Waals surface area contributed by atoms with Crippen LogP contribution in [0.4, 0.5) is 4.39 Å². The number of pyridine rings is 2. The first-order valence-electron chi connectivity index (χ1n) is 11.2. The molecule has 3 heterocycles. The molecule has 4 heteroatoms. The zero-order valence-corrected chi connectivity index (χ0v) is 16.6. The Balaban J connectivity index is 1.82. The molecule has 0 fully saturated rings. The summed E-state index contributed by atoms with van der Waals surface area (Å²) in [5.41, 5.74) is 3.74. The van der Waals surface area contributed by atoms with Crippen molar-refractivity contribution in [3.8, 4) is 11.3 Å². The van der Waals surface area contributed by atoms with Crippen LogP contribution in [-0.2, 0) is 5.41 Å². The van der Waals surface area contributed by atoms with E-state index in [1.54, 1.807) is 6.07 Å². The van der Waals surface area contributed by atoms with Gasteiger partial charge >= 0.3 is 0 Å². The lowest BCUT2D eigenvalue weighted by molar-refractivity contribution is 0.617. The molecular weight excluding hydrogens is 375 g/mol. The number of benzene rings is 2. The van der Waals surface area contributed by atoms with Crippen molar-refractivity contribution in [1.29, 1.82) is 0 Å². The Morgan fingerprint density at radius 3 is 2.60 bits per heavy atom. The Bertz CT molecular complexity index is 1490. The van der Waals surface area contributed by atoms with Crippen molar-refractivity contribution < 1.29 is 12.9 Å². The van der Waals surface area contributed by atoms with Gasteiger partial charge in [0.25, 0.3) is 0 Å². The van der Waals surface area contributed by atoms with Gasteiger partial charge in [-0.3, -0.25) is 4.98 Å². The van der Waals surface area contributed by atoms with Crippen molar-refractivity contribution >= 4 is 22.1 Å². The van der Waals surface area contributed by atoms with E-state index in [1.807, 2.05) is 42.5 Å². The zero-order valence-electron chi connectivity index (χ0n) is 19.6. The molecule has 0 bridgehead atoms. The molecule has 0 aliphatic rings. The van der Waals surface area contributed by atoms with Gasteiger partial charge in [0, 0.05) is 27.4 Å². The fourth-order valence-electron chi connectivity index (χ4n) is 3.85. The summed E-state index contributed by atoms with van der Waals surface area (Å²) in [6, 6.07) is 19.4. The van der Waals surface area contributed by atoms with Crippen LogP contribution in [-0.4, -0.2) is 9.97 Å². The summed E-state index contributed by atoms with van der Waals surface area (Å²) in [5, 5.41) is 0.402. The molecule has 0 saturated heterocycles. The van der Waals surface area contributed by atoms with Crippen LogP contribution < -0.4 is 0 Å². The van der Waals surface area contributed by atoms with Crippen molar-refractivity contribution in [2.45, 2.75) is 26.1 Å². The normalized spacial score (nSPS) is 13.9. The van der Waals surface area contributed by atoms with Gasteiger partial charge in [-0.1, -0.05) is 50.2 Å². The monoisotopic (exact) mass is 399 g/mol. The van der Waals surface area contributed by atoms with Crippen LogP contribution >= 0.6 is 0 Å². The van der Waals surface area contributed by atoms with Gasteiger partial charge in [0.2, 0.25) is 0 Å². The van der Waals surface area contributed by atoms with Crippen molar-refractivity contribution in [3.05, 3.63) is 95.6 Å². The molecule has 0 saturated carbocycles. The molecule has 2 aromatic carbocycles. The van der Waals surface area contributed by atoms with Gasteiger partial charge < -0.3 is 4.42 Å². The van der Waals surface area contributed by atoms with Gasteiger partial charge in [-0.2, -0.15) is 0 Å². The molecule has 0 aliphatic carbocycles. The minimum atomic E-state index is -2.38. The Morgan fingerprint density at radius 1 is 1.00 bits per heavy atom. The smallest absolute Gasteiger partial charge is 0.153 e. The minimum Gasteiger partial charge on any atom is -0.454 e. The van der Waals surface area contributed by atoms with E-state index in [0.717, 1.165) is 11.3 Å². The van der Waals surface area contributed by atoms with Gasteiger partial charge in [-0.05, 0) is 42.2 Å². The first-order valence-corrected chi connectivity index (χ1v) is 9.71. The number of aryl methyl sites for hydroxylation is 1. The molecule has 0 spiro atoms. The highest BCUT2D eigenvalue weighted by atomic mass is 19.1. The van der Waals surface area contributed by atoms with Crippen LogP contribution in [0.3, 0.4) is 0 Å². The number of nitrogens with zero attached hydrogens (tertiary/aromatic N) is 2. The second-order valence-corrected chi connectivity index (χ2v) is 7.86. The average Bonchev–Trinajstić information content (AvgIpc) is 3.17. The van der Waals surface area contributed by atoms with Gasteiger partial charge in [0.05, 0.1) is 16.8 Å². The Morgan fingerprint density at radius 2 is 1.83 bits per heavy atom. The SMILES string of the molecule is [2H]C([2H])([2H])c1ccc(-c2cc(F)ccn2)c2oc3ccc(C(C)(C)c4ccccc4)nc3c12. The maximum atomic E-state index is 13.9. The number of hydrogen-bond acceptors (Lipinski definition) is 3. The highest BCUT2D eigenvalue weighted by Gasteiger charge is 2.26. The number of halogens is 1. The zero-order chi connectivity index (χ0) is 23.4. The molecule has 5 aromatic rings. The molecule has 30 heavy (non-hydrogen) atoms. The standard InChI is InChI=1S/C26H21FN2O/c1-16-9-10-19(20-15-18(27)13-14-28-20)25-23(16)24-21(30-25)11-12-22(29-24)26(2,3)17-7-5-4-6-8-17/h4-15H,1-3H3/i1D3. The van der Waals surface area contributed by atoms with Crippen LogP contribution in [0.5, 0.6) is 0 Å². The second kappa shape index (κ2) is 6.77. The average molecular weight is 399 g/mol. The van der Waals surface area contributed by atoms with E-state index >= 15 is 0 Å². The molecule has 5 rings (SSSR count). The Kier molecular flexibility index (Phi) is 3.46. The summed E-state index contributed by atoms with van der Waals surface area (Å²) in [7, 11) is 0. The third-order valence-corrected chi connectivity index (χ3v) is 5.60. The predicted molar refractivity (Wildman–Crippen MR) is 118 cm³/mol. The fourth-order valence-corrected chi connectivity index (χ4v) is 3.85. The van der Waals surface area contributed by atoms with Crippen LogP contribution in [0.2, 0.25) is 0 Å². The molecule has 0 aliphatic heterocycles. The van der Waals surface area contributed by atoms with E-state index in [0.29, 0.717) is 33.3 Å². The summed E-state index contributed by atoms with van der Waals surface area (Å²) in [6.45, 7) is 1.77. The highest BCUT2D eigenvalue weighted by Crippen LogP contribution is 2.38. The number of hydrogen-bond donors (Lipinski definition) is 0. The van der Waals surface area contributed by atoms with Gasteiger partial charge in [-0.25, -0.2) is 9.37 Å². The lowest BCUT2D eigenvalue weighted by atomic mass is 9.81. The summed E-state index contributed by atoms with van der Waals surface area (Å²) in [5.74, 6) is -0.436. The van der Waals surface area contributed by atoms with E-state index < -0.39 is 18.1 Å². The maximum Gasteiger partial charge on any atom is 0.153 e. The van der Waals surface area contributed by atoms with Crippen molar-refractivity contribution in [3.63, 3.8) is 0 Å². The molecule has 148 valence electrons. The first kappa shape index (κ1) is 15.3. The molecule has 3 nitrogen and oxygen atoms in total. The van der Waals surface area contributed by atoms with E-state index in [1.165, 1.54) is 24.4 Å². The summed E-state index contributed by atoms with van der Waals surface area (Å²) < 4.78 is 44.2. The first-order chi connectivity index (χ1) is 15.7. The summed E-state index contributed by atoms with van der Waals surface area (Å²) in [4.78, 5) is 9.16. The van der Waals surface area contributed by atoms with Gasteiger partial charge in [0.1, 0.15) is 16.9 Å². The lowest BCUT2D eigenvalue weighted by Crippen LogP contribution is -2.20. The number of fused-ring (bicyclic) bond motifs is 3. The molecule has 0 amide bonds. The third kappa shape index (κ3) is 2.88. The topological polar surface area (TPSA) is 38.9 Å². The molecule has 0 unspecified atom stereocenters. The van der Waals surface area contributed by atoms with E-state index in [2.05, 4.69) is 18.8 Å². The van der Waals surface area contributed by atoms with E-state index in [-0.39, 0.29) is 5.56 Å². The fraction of sp³-hybridized carbons (Fsp3) is 0.154. The Labute approximate surface area is 178 Å². The quantitative estimate of drug-likeness (QED) is 0.334. The van der Waals surface area contributed by atoms with Crippen LogP contribution in [0.15, 0.2) is 77.3 Å². The minimum absolute atomic E-state index is 0.138. The lowest BCUT2D eigenvalue weighted by Gasteiger charge is -2.24. The highest BCUT2D eigenvalue weighted by molar-refractivity contribution is 6.09. The van der Waals surface area contributed by atoms with E-state index in [4.69, 9.17) is 13.5 Å². The molecule has 0 atom stereocenters. The van der Waals surface area contributed by atoms with E-state index in [9.17, 15) is 4.39 Å². The summed E-state index contributed by atoms with van der Waals surface area (Å²) >= 11 is 0. The number of aromatic nitrogens is 2. The Hall–Kier alpha value is -3.53. The van der Waals surface area contributed by atoms with Crippen LogP contribution in [0.25, 0.3) is 33.3 Å². The van der Waals surface area contributed by atoms with Gasteiger partial charge in [0.15, 0.2) is 5.58 Å².